The van der Waals surface area contributed by atoms with Gasteiger partial charge in [-0.1, -0.05) is 6.92 Å². The summed E-state index contributed by atoms with van der Waals surface area (Å²) in [5.74, 6) is 0. The minimum atomic E-state index is 0.436. The number of hydrogen-bond acceptors (Lipinski definition) is 3. The van der Waals surface area contributed by atoms with Gasteiger partial charge in [0.1, 0.15) is 0 Å². The Morgan fingerprint density at radius 3 is 2.79 bits per heavy atom. The van der Waals surface area contributed by atoms with Gasteiger partial charge in [-0.2, -0.15) is 10.2 Å². The van der Waals surface area contributed by atoms with Crippen LogP contribution in [0.25, 0.3) is 0 Å². The van der Waals surface area contributed by atoms with Crippen LogP contribution >= 0.6 is 0 Å². The smallest absolute Gasteiger partial charge is 0.0825 e. The van der Waals surface area contributed by atoms with Crippen molar-refractivity contribution in [3.8, 4) is 0 Å². The van der Waals surface area contributed by atoms with Crippen LogP contribution in [0, 0.1) is 6.92 Å². The SMILES string of the molecule is CC[C@@H](C)n1nccc1CNc1cn(CC)nc1C. The predicted octanol–water partition coefficient (Wildman–Crippen LogP) is 2.99. The highest BCUT2D eigenvalue weighted by Gasteiger charge is 2.09. The summed E-state index contributed by atoms with van der Waals surface area (Å²) in [7, 11) is 0. The van der Waals surface area contributed by atoms with Gasteiger partial charge in [0, 0.05) is 25.0 Å². The molecule has 19 heavy (non-hydrogen) atoms. The molecule has 104 valence electrons. The van der Waals surface area contributed by atoms with Crippen molar-refractivity contribution in [3.63, 3.8) is 0 Å². The molecule has 0 aliphatic carbocycles. The summed E-state index contributed by atoms with van der Waals surface area (Å²) in [6.45, 7) is 10.2. The lowest BCUT2D eigenvalue weighted by Gasteiger charge is -2.14. The number of anilines is 1. The van der Waals surface area contributed by atoms with Crippen molar-refractivity contribution in [1.82, 2.24) is 19.6 Å². The standard InChI is InChI=1S/C14H23N5/c1-5-11(3)19-13(7-8-16-19)9-15-14-10-18(6-2)17-12(14)4/h7-8,10-11,15H,5-6,9H2,1-4H3/t11-/m1/s1. The molecule has 0 unspecified atom stereocenters. The van der Waals surface area contributed by atoms with Gasteiger partial charge in [0.25, 0.3) is 0 Å². The molecule has 2 aromatic heterocycles. The quantitative estimate of drug-likeness (QED) is 0.869. The lowest BCUT2D eigenvalue weighted by Crippen LogP contribution is -2.12. The number of nitrogens with zero attached hydrogens (tertiary/aromatic N) is 4. The molecule has 5 nitrogen and oxygen atoms in total. The minimum Gasteiger partial charge on any atom is -0.377 e. The zero-order valence-electron chi connectivity index (χ0n) is 12.2. The fourth-order valence-electron chi connectivity index (χ4n) is 2.09. The third-order valence-corrected chi connectivity index (χ3v) is 3.49. The second-order valence-electron chi connectivity index (χ2n) is 4.86. The number of hydrogen-bond donors (Lipinski definition) is 1. The van der Waals surface area contributed by atoms with Gasteiger partial charge in [0.2, 0.25) is 0 Å². The summed E-state index contributed by atoms with van der Waals surface area (Å²) in [4.78, 5) is 0. The molecule has 0 saturated carbocycles. The average molecular weight is 261 g/mol. The molecule has 2 rings (SSSR count). The molecule has 0 aliphatic heterocycles. The number of nitrogens with one attached hydrogen (secondary N) is 1. The van der Waals surface area contributed by atoms with Gasteiger partial charge >= 0.3 is 0 Å². The third kappa shape index (κ3) is 2.97. The van der Waals surface area contributed by atoms with E-state index in [0.29, 0.717) is 6.04 Å². The van der Waals surface area contributed by atoms with Crippen LogP contribution in [0.2, 0.25) is 0 Å². The van der Waals surface area contributed by atoms with Crippen molar-refractivity contribution in [2.45, 2.75) is 53.2 Å². The molecular formula is C14H23N5. The van der Waals surface area contributed by atoms with E-state index >= 15 is 0 Å². The maximum Gasteiger partial charge on any atom is 0.0825 e. The molecule has 2 heterocycles. The van der Waals surface area contributed by atoms with Crippen molar-refractivity contribution >= 4 is 5.69 Å². The number of aromatic nitrogens is 4. The second-order valence-corrected chi connectivity index (χ2v) is 4.86. The molecule has 0 radical (unpaired) electrons. The molecule has 1 N–H and O–H groups in total. The van der Waals surface area contributed by atoms with Gasteiger partial charge in [-0.15, -0.1) is 0 Å². The Labute approximate surface area is 114 Å². The van der Waals surface area contributed by atoms with Gasteiger partial charge in [-0.25, -0.2) is 0 Å². The van der Waals surface area contributed by atoms with Crippen LogP contribution in [-0.2, 0) is 13.1 Å². The van der Waals surface area contributed by atoms with E-state index < -0.39 is 0 Å². The summed E-state index contributed by atoms with van der Waals surface area (Å²) in [5.41, 5.74) is 3.34. The molecule has 0 aromatic carbocycles. The Hall–Kier alpha value is -1.78. The van der Waals surface area contributed by atoms with E-state index in [1.54, 1.807) is 0 Å². The highest BCUT2D eigenvalue weighted by Crippen LogP contribution is 2.16. The van der Waals surface area contributed by atoms with Crippen molar-refractivity contribution in [2.75, 3.05) is 5.32 Å². The van der Waals surface area contributed by atoms with Crippen molar-refractivity contribution < 1.29 is 0 Å². The Kier molecular flexibility index (Phi) is 4.24. The van der Waals surface area contributed by atoms with E-state index in [1.165, 1.54) is 5.69 Å². The molecule has 0 bridgehead atoms. The molecule has 2 aromatic rings. The van der Waals surface area contributed by atoms with Crippen LogP contribution in [0.3, 0.4) is 0 Å². The van der Waals surface area contributed by atoms with E-state index in [0.717, 1.165) is 30.9 Å². The summed E-state index contributed by atoms with van der Waals surface area (Å²) in [5, 5.41) is 12.3. The first-order valence-corrected chi connectivity index (χ1v) is 6.96. The molecule has 0 saturated heterocycles. The van der Waals surface area contributed by atoms with Crippen LogP contribution in [0.15, 0.2) is 18.5 Å². The van der Waals surface area contributed by atoms with Crippen LogP contribution in [-0.4, -0.2) is 19.6 Å². The topological polar surface area (TPSA) is 47.7 Å². The first-order chi connectivity index (χ1) is 9.15. The van der Waals surface area contributed by atoms with Crippen molar-refractivity contribution in [2.24, 2.45) is 0 Å². The summed E-state index contributed by atoms with van der Waals surface area (Å²) in [6.07, 6.45) is 5.01. The first kappa shape index (κ1) is 13.6. The van der Waals surface area contributed by atoms with Gasteiger partial charge in [-0.3, -0.25) is 9.36 Å². The van der Waals surface area contributed by atoms with Gasteiger partial charge in [-0.05, 0) is 33.3 Å². The van der Waals surface area contributed by atoms with Crippen LogP contribution in [0.1, 0.15) is 44.6 Å². The van der Waals surface area contributed by atoms with Gasteiger partial charge < -0.3 is 5.32 Å². The van der Waals surface area contributed by atoms with E-state index in [4.69, 9.17) is 0 Å². The molecule has 0 spiro atoms. The largest absolute Gasteiger partial charge is 0.377 e. The summed E-state index contributed by atoms with van der Waals surface area (Å²) >= 11 is 0. The van der Waals surface area contributed by atoms with Crippen LogP contribution < -0.4 is 5.32 Å². The highest BCUT2D eigenvalue weighted by atomic mass is 15.3. The molecular weight excluding hydrogens is 238 g/mol. The summed E-state index contributed by atoms with van der Waals surface area (Å²) < 4.78 is 4.04. The zero-order valence-corrected chi connectivity index (χ0v) is 12.2. The fraction of sp³-hybridized carbons (Fsp3) is 0.571. The Morgan fingerprint density at radius 1 is 1.37 bits per heavy atom. The monoisotopic (exact) mass is 261 g/mol. The van der Waals surface area contributed by atoms with E-state index in [1.807, 2.05) is 17.8 Å². The Morgan fingerprint density at radius 2 is 2.16 bits per heavy atom. The maximum absolute atomic E-state index is 4.43. The molecule has 0 fully saturated rings. The van der Waals surface area contributed by atoms with Crippen molar-refractivity contribution in [1.29, 1.82) is 0 Å². The minimum absolute atomic E-state index is 0.436. The van der Waals surface area contributed by atoms with E-state index in [-0.39, 0.29) is 0 Å². The third-order valence-electron chi connectivity index (χ3n) is 3.49. The zero-order chi connectivity index (χ0) is 13.8. The Bertz CT molecular complexity index is 526. The average Bonchev–Trinajstić information content (AvgIpc) is 3.01. The number of aryl methyl sites for hydroxylation is 2. The Balaban J connectivity index is 2.06. The van der Waals surface area contributed by atoms with Gasteiger partial charge in [0.15, 0.2) is 0 Å². The molecule has 0 aliphatic rings. The second kappa shape index (κ2) is 5.91. The highest BCUT2D eigenvalue weighted by molar-refractivity contribution is 5.45. The first-order valence-electron chi connectivity index (χ1n) is 6.96. The normalized spacial score (nSPS) is 12.6. The molecule has 5 heteroatoms. The molecule has 1 atom stereocenters. The van der Waals surface area contributed by atoms with E-state index in [2.05, 4.69) is 53.2 Å². The van der Waals surface area contributed by atoms with E-state index in [9.17, 15) is 0 Å². The number of rotatable bonds is 6. The maximum atomic E-state index is 4.43. The van der Waals surface area contributed by atoms with Crippen LogP contribution in [0.4, 0.5) is 5.69 Å². The lowest BCUT2D eigenvalue weighted by atomic mass is 10.2. The van der Waals surface area contributed by atoms with Gasteiger partial charge in [0.05, 0.1) is 23.6 Å². The molecule has 0 amide bonds. The fourth-order valence-corrected chi connectivity index (χ4v) is 2.09. The lowest BCUT2D eigenvalue weighted by molar-refractivity contribution is 0.462. The van der Waals surface area contributed by atoms with Crippen molar-refractivity contribution in [3.05, 3.63) is 29.8 Å². The summed E-state index contributed by atoms with van der Waals surface area (Å²) in [6, 6.07) is 2.50. The van der Waals surface area contributed by atoms with Crippen LogP contribution in [0.5, 0.6) is 0 Å². The predicted molar refractivity (Wildman–Crippen MR) is 77.2 cm³/mol.